The first-order valence-electron chi connectivity index (χ1n) is 8.08. The van der Waals surface area contributed by atoms with Crippen molar-refractivity contribution in [2.75, 3.05) is 20.1 Å². The maximum absolute atomic E-state index is 12.2. The number of guanidine groups is 1. The summed E-state index contributed by atoms with van der Waals surface area (Å²) in [5.41, 5.74) is 0.772. The quantitative estimate of drug-likeness (QED) is 0.524. The highest BCUT2D eigenvalue weighted by Crippen LogP contribution is 2.20. The molecule has 1 aromatic heterocycles. The van der Waals surface area contributed by atoms with Crippen LogP contribution in [0.3, 0.4) is 0 Å². The van der Waals surface area contributed by atoms with Gasteiger partial charge >= 0.3 is 5.97 Å². The third-order valence-electron chi connectivity index (χ3n) is 3.78. The molecule has 128 valence electrons. The minimum absolute atomic E-state index is 0.0792. The Kier molecular flexibility index (Phi) is 5.34. The van der Waals surface area contributed by atoms with E-state index in [1.165, 1.54) is 5.56 Å². The number of ether oxygens (including phenoxy) is 1. The second-order valence-corrected chi connectivity index (χ2v) is 7.05. The van der Waals surface area contributed by atoms with Gasteiger partial charge in [-0.15, -0.1) is 0 Å². The number of aliphatic imine (C=N–C) groups is 1. The van der Waals surface area contributed by atoms with Gasteiger partial charge in [-0.2, -0.15) is 0 Å². The molecule has 1 fully saturated rings. The highest BCUT2D eigenvalue weighted by Gasteiger charge is 2.33. The SMILES string of the molecule is CN=C(NCc1ccn(C)c1)N1CCC(C(=O)OC(C)(C)C)C1. The number of nitrogens with zero attached hydrogens (tertiary/aromatic N) is 3. The molecule has 0 bridgehead atoms. The number of rotatable bonds is 3. The fraction of sp³-hybridized carbons (Fsp3) is 0.647. The molecule has 2 heterocycles. The van der Waals surface area contributed by atoms with Crippen LogP contribution in [0, 0.1) is 5.92 Å². The van der Waals surface area contributed by atoms with Crippen molar-refractivity contribution in [3.8, 4) is 0 Å². The van der Waals surface area contributed by atoms with Crippen molar-refractivity contribution < 1.29 is 9.53 Å². The molecule has 0 aromatic carbocycles. The van der Waals surface area contributed by atoms with Crippen LogP contribution in [0.4, 0.5) is 0 Å². The highest BCUT2D eigenvalue weighted by atomic mass is 16.6. The summed E-state index contributed by atoms with van der Waals surface area (Å²) in [5.74, 6) is 0.642. The molecule has 1 aliphatic heterocycles. The monoisotopic (exact) mass is 320 g/mol. The molecule has 1 saturated heterocycles. The maximum atomic E-state index is 12.2. The summed E-state index contributed by atoms with van der Waals surface area (Å²) in [6.07, 6.45) is 4.91. The topological polar surface area (TPSA) is 58.9 Å². The predicted molar refractivity (Wildman–Crippen MR) is 91.1 cm³/mol. The Hall–Kier alpha value is -1.98. The van der Waals surface area contributed by atoms with Crippen LogP contribution in [-0.4, -0.2) is 47.1 Å². The van der Waals surface area contributed by atoms with Crippen molar-refractivity contribution in [2.24, 2.45) is 18.0 Å². The Balaban J connectivity index is 1.87. The van der Waals surface area contributed by atoms with Crippen LogP contribution in [0.1, 0.15) is 32.8 Å². The zero-order chi connectivity index (χ0) is 17.0. The standard InChI is InChI=1S/C17H28N4O2/c1-17(2,3)23-15(22)14-7-9-21(12-14)16(18-4)19-10-13-6-8-20(5)11-13/h6,8,11,14H,7,9-10,12H2,1-5H3,(H,18,19). The number of hydrogen-bond acceptors (Lipinski definition) is 3. The van der Waals surface area contributed by atoms with Crippen LogP contribution in [0.15, 0.2) is 23.5 Å². The minimum Gasteiger partial charge on any atom is -0.460 e. The van der Waals surface area contributed by atoms with Crippen LogP contribution < -0.4 is 5.32 Å². The molecule has 2 rings (SSSR count). The molecule has 1 unspecified atom stereocenters. The van der Waals surface area contributed by atoms with Crippen LogP contribution in [0.2, 0.25) is 0 Å². The number of carbonyl (C=O) groups is 1. The van der Waals surface area contributed by atoms with Gasteiger partial charge in [-0.25, -0.2) is 0 Å². The van der Waals surface area contributed by atoms with E-state index in [-0.39, 0.29) is 11.9 Å². The second kappa shape index (κ2) is 7.06. The molecule has 0 spiro atoms. The first-order valence-corrected chi connectivity index (χ1v) is 8.08. The summed E-state index contributed by atoms with van der Waals surface area (Å²) in [4.78, 5) is 18.6. The van der Waals surface area contributed by atoms with Gasteiger partial charge in [-0.1, -0.05) is 0 Å². The van der Waals surface area contributed by atoms with Crippen LogP contribution in [-0.2, 0) is 23.1 Å². The molecule has 0 radical (unpaired) electrons. The minimum atomic E-state index is -0.433. The van der Waals surface area contributed by atoms with Crippen molar-refractivity contribution in [1.82, 2.24) is 14.8 Å². The smallest absolute Gasteiger partial charge is 0.311 e. The van der Waals surface area contributed by atoms with E-state index in [2.05, 4.69) is 27.5 Å². The van der Waals surface area contributed by atoms with Crippen molar-refractivity contribution in [1.29, 1.82) is 0 Å². The lowest BCUT2D eigenvalue weighted by Gasteiger charge is -2.23. The largest absolute Gasteiger partial charge is 0.460 e. The molecule has 1 aromatic rings. The number of carbonyl (C=O) groups excluding carboxylic acids is 1. The zero-order valence-electron chi connectivity index (χ0n) is 14.8. The average Bonchev–Trinajstić information content (AvgIpc) is 3.07. The molecule has 23 heavy (non-hydrogen) atoms. The molecular weight excluding hydrogens is 292 g/mol. The van der Waals surface area contributed by atoms with Crippen molar-refractivity contribution in [2.45, 2.75) is 39.3 Å². The first kappa shape index (κ1) is 17.4. The molecule has 1 aliphatic rings. The van der Waals surface area contributed by atoms with E-state index in [1.807, 2.05) is 38.6 Å². The summed E-state index contributed by atoms with van der Waals surface area (Å²) in [5, 5.41) is 3.36. The molecular formula is C17H28N4O2. The lowest BCUT2D eigenvalue weighted by molar-refractivity contribution is -0.159. The van der Waals surface area contributed by atoms with Crippen molar-refractivity contribution in [3.63, 3.8) is 0 Å². The third kappa shape index (κ3) is 5.01. The summed E-state index contributed by atoms with van der Waals surface area (Å²) in [6, 6.07) is 2.08. The van der Waals surface area contributed by atoms with Gasteiger partial charge < -0.3 is 19.5 Å². The summed E-state index contributed by atoms with van der Waals surface area (Å²) >= 11 is 0. The number of hydrogen-bond donors (Lipinski definition) is 1. The number of likely N-dealkylation sites (tertiary alicyclic amines) is 1. The third-order valence-corrected chi connectivity index (χ3v) is 3.78. The van der Waals surface area contributed by atoms with E-state index in [0.29, 0.717) is 6.54 Å². The highest BCUT2D eigenvalue weighted by molar-refractivity contribution is 5.82. The number of esters is 1. The normalized spacial score (nSPS) is 19.1. The van der Waals surface area contributed by atoms with Crippen LogP contribution in [0.25, 0.3) is 0 Å². The fourth-order valence-electron chi connectivity index (χ4n) is 2.71. The Bertz CT molecular complexity index is 571. The summed E-state index contributed by atoms with van der Waals surface area (Å²) in [7, 11) is 3.78. The van der Waals surface area contributed by atoms with Crippen molar-refractivity contribution >= 4 is 11.9 Å². The molecule has 1 N–H and O–H groups in total. The van der Waals surface area contributed by atoms with Gasteiger partial charge in [-0.3, -0.25) is 9.79 Å². The summed E-state index contributed by atoms with van der Waals surface area (Å²) in [6.45, 7) is 7.90. The van der Waals surface area contributed by atoms with Crippen LogP contribution >= 0.6 is 0 Å². The fourth-order valence-corrected chi connectivity index (χ4v) is 2.71. The van der Waals surface area contributed by atoms with Crippen molar-refractivity contribution in [3.05, 3.63) is 24.0 Å². The Morgan fingerprint density at radius 3 is 2.78 bits per heavy atom. The summed E-state index contributed by atoms with van der Waals surface area (Å²) < 4.78 is 7.51. The first-order chi connectivity index (χ1) is 10.8. The molecule has 1 atom stereocenters. The molecule has 0 saturated carbocycles. The lowest BCUT2D eigenvalue weighted by atomic mass is 10.1. The lowest BCUT2D eigenvalue weighted by Crippen LogP contribution is -2.40. The molecule has 0 aliphatic carbocycles. The van der Waals surface area contributed by atoms with Gasteiger partial charge in [0.1, 0.15) is 5.60 Å². The van der Waals surface area contributed by atoms with Crippen LogP contribution in [0.5, 0.6) is 0 Å². The van der Waals surface area contributed by atoms with Gasteiger partial charge in [-0.05, 0) is 38.8 Å². The zero-order valence-corrected chi connectivity index (χ0v) is 14.8. The molecule has 6 nitrogen and oxygen atoms in total. The average molecular weight is 320 g/mol. The number of aromatic nitrogens is 1. The van der Waals surface area contributed by atoms with E-state index >= 15 is 0 Å². The van der Waals surface area contributed by atoms with E-state index in [0.717, 1.165) is 25.5 Å². The number of nitrogens with one attached hydrogen (secondary N) is 1. The van der Waals surface area contributed by atoms with Gasteiger partial charge in [0.05, 0.1) is 5.92 Å². The van der Waals surface area contributed by atoms with Gasteiger partial charge in [0.25, 0.3) is 0 Å². The second-order valence-electron chi connectivity index (χ2n) is 7.05. The predicted octanol–water partition coefficient (Wildman–Crippen LogP) is 1.76. The van der Waals surface area contributed by atoms with E-state index in [1.54, 1.807) is 7.05 Å². The Morgan fingerprint density at radius 2 is 2.22 bits per heavy atom. The molecule has 0 amide bonds. The Morgan fingerprint density at radius 1 is 1.48 bits per heavy atom. The van der Waals surface area contributed by atoms with E-state index in [9.17, 15) is 4.79 Å². The number of aryl methyl sites for hydroxylation is 1. The van der Waals surface area contributed by atoms with Gasteiger partial charge in [0.15, 0.2) is 5.96 Å². The van der Waals surface area contributed by atoms with Gasteiger partial charge in [0.2, 0.25) is 0 Å². The van der Waals surface area contributed by atoms with Gasteiger partial charge in [0, 0.05) is 46.1 Å². The maximum Gasteiger partial charge on any atom is 0.311 e. The van der Waals surface area contributed by atoms with E-state index < -0.39 is 5.60 Å². The van der Waals surface area contributed by atoms with E-state index in [4.69, 9.17) is 4.74 Å². The Labute approximate surface area is 138 Å². The molecule has 6 heteroatoms.